The highest BCUT2D eigenvalue weighted by atomic mass is 16.3. The number of hydrogen-bond donors (Lipinski definition) is 0. The summed E-state index contributed by atoms with van der Waals surface area (Å²) in [6.07, 6.45) is 3.85. The molecule has 0 fully saturated rings. The summed E-state index contributed by atoms with van der Waals surface area (Å²) in [5, 5.41) is 2.06. The van der Waals surface area contributed by atoms with Crippen LogP contribution in [0, 0.1) is 6.92 Å². The second kappa shape index (κ2) is 12.4. The molecule has 0 atom stereocenters. The van der Waals surface area contributed by atoms with Crippen LogP contribution in [-0.2, 0) is 0 Å². The van der Waals surface area contributed by atoms with Gasteiger partial charge in [-0.1, -0.05) is 109 Å². The van der Waals surface area contributed by atoms with E-state index >= 15 is 0 Å². The van der Waals surface area contributed by atoms with Crippen LogP contribution in [0.1, 0.15) is 5.69 Å². The Bertz CT molecular complexity index is 2660. The fourth-order valence-corrected chi connectivity index (χ4v) is 6.79. The van der Waals surface area contributed by atoms with Gasteiger partial charge in [-0.05, 0) is 94.4 Å². The molecule has 4 heteroatoms. The van der Waals surface area contributed by atoms with Crippen molar-refractivity contribution in [3.63, 3.8) is 0 Å². The Hall–Kier alpha value is -6.65. The van der Waals surface area contributed by atoms with Crippen LogP contribution in [0.5, 0.6) is 0 Å². The Morgan fingerprint density at radius 1 is 0.420 bits per heavy atom. The molecule has 4 aromatic heterocycles. The van der Waals surface area contributed by atoms with Gasteiger partial charge in [0.1, 0.15) is 5.58 Å². The number of fused-ring (bicyclic) bond motifs is 3. The Morgan fingerprint density at radius 3 is 1.82 bits per heavy atom. The summed E-state index contributed by atoms with van der Waals surface area (Å²) >= 11 is 0. The van der Waals surface area contributed by atoms with Crippen molar-refractivity contribution in [1.82, 2.24) is 15.0 Å². The average Bonchev–Trinajstić information content (AvgIpc) is 3.56. The summed E-state index contributed by atoms with van der Waals surface area (Å²) in [5.74, 6) is 0. The molecule has 0 aliphatic rings. The number of furan rings is 1. The van der Waals surface area contributed by atoms with E-state index in [-0.39, 0.29) is 0 Å². The summed E-state index contributed by atoms with van der Waals surface area (Å²) in [7, 11) is 0. The lowest BCUT2D eigenvalue weighted by molar-refractivity contribution is 0.653. The van der Waals surface area contributed by atoms with E-state index in [1.54, 1.807) is 0 Å². The monoisotopic (exact) mass is 641 g/mol. The predicted octanol–water partition coefficient (Wildman–Crippen LogP) is 12.1. The van der Waals surface area contributed by atoms with Crippen molar-refractivity contribution in [2.45, 2.75) is 6.92 Å². The Kier molecular flexibility index (Phi) is 7.33. The first-order valence-corrected chi connectivity index (χ1v) is 16.8. The van der Waals surface area contributed by atoms with Crippen molar-refractivity contribution in [2.75, 3.05) is 0 Å². The number of nitrogens with zero attached hydrogens (tertiary/aromatic N) is 3. The van der Waals surface area contributed by atoms with E-state index in [2.05, 4.69) is 143 Å². The lowest BCUT2D eigenvalue weighted by Crippen LogP contribution is -1.89. The summed E-state index contributed by atoms with van der Waals surface area (Å²) in [5.41, 5.74) is 15.4. The van der Waals surface area contributed by atoms with Gasteiger partial charge in [-0.15, -0.1) is 0 Å². The average molecular weight is 642 g/mol. The smallest absolute Gasteiger partial charge is 0.227 e. The molecular formula is C46H31N3O. The molecule has 236 valence electrons. The van der Waals surface area contributed by atoms with Crippen LogP contribution in [0.2, 0.25) is 0 Å². The van der Waals surface area contributed by atoms with Crippen molar-refractivity contribution < 1.29 is 4.42 Å². The summed E-state index contributed by atoms with van der Waals surface area (Å²) in [6, 6.07) is 55.1. The fraction of sp³-hybridized carbons (Fsp3) is 0.0217. The molecular weight excluding hydrogens is 611 g/mol. The molecule has 5 aromatic carbocycles. The van der Waals surface area contributed by atoms with Crippen LogP contribution < -0.4 is 0 Å². The first-order valence-electron chi connectivity index (χ1n) is 16.8. The normalized spacial score (nSPS) is 11.3. The highest BCUT2D eigenvalue weighted by Gasteiger charge is 2.15. The van der Waals surface area contributed by atoms with E-state index in [4.69, 9.17) is 9.40 Å². The molecule has 0 unspecified atom stereocenters. The Labute approximate surface area is 290 Å². The minimum Gasteiger partial charge on any atom is -0.437 e. The molecule has 0 aliphatic heterocycles. The Morgan fingerprint density at radius 2 is 1.06 bits per heavy atom. The molecule has 9 rings (SSSR count). The maximum Gasteiger partial charge on any atom is 0.227 e. The molecule has 0 saturated carbocycles. The van der Waals surface area contributed by atoms with Crippen LogP contribution in [0.25, 0.3) is 89.1 Å². The zero-order valence-corrected chi connectivity index (χ0v) is 27.4. The van der Waals surface area contributed by atoms with E-state index in [0.29, 0.717) is 5.71 Å². The standard InChI is InChI=1S/C46H31N3O/c1-30-20-22-41-40-18-9-19-42(45(40)50-46(41)49-30)43-23-21-37(29-48-43)34-14-7-12-32(26-34)33-13-8-15-35(27-33)38-16-5-6-17-39(38)36-24-25-47-44(28-36)31-10-3-2-4-11-31/h2-29H,1H3. The van der Waals surface area contributed by atoms with Gasteiger partial charge in [-0.25, -0.2) is 4.98 Å². The summed E-state index contributed by atoms with van der Waals surface area (Å²) in [6.45, 7) is 1.98. The quantitative estimate of drug-likeness (QED) is 0.181. The van der Waals surface area contributed by atoms with Gasteiger partial charge in [0.15, 0.2) is 0 Å². The molecule has 4 nitrogen and oxygen atoms in total. The number of hydrogen-bond acceptors (Lipinski definition) is 4. The molecule has 0 N–H and O–H groups in total. The van der Waals surface area contributed by atoms with Gasteiger partial charge < -0.3 is 4.42 Å². The van der Waals surface area contributed by atoms with Crippen molar-refractivity contribution in [3.8, 4) is 67.0 Å². The number of benzene rings is 5. The topological polar surface area (TPSA) is 51.8 Å². The second-order valence-electron chi connectivity index (χ2n) is 12.5. The largest absolute Gasteiger partial charge is 0.437 e. The molecule has 50 heavy (non-hydrogen) atoms. The van der Waals surface area contributed by atoms with Crippen LogP contribution in [0.4, 0.5) is 0 Å². The number of rotatable bonds is 6. The third-order valence-corrected chi connectivity index (χ3v) is 9.31. The van der Waals surface area contributed by atoms with Gasteiger partial charge in [-0.2, -0.15) is 0 Å². The maximum absolute atomic E-state index is 6.24. The van der Waals surface area contributed by atoms with Gasteiger partial charge in [0.2, 0.25) is 5.71 Å². The van der Waals surface area contributed by atoms with Crippen LogP contribution >= 0.6 is 0 Å². The third kappa shape index (κ3) is 5.43. The summed E-state index contributed by atoms with van der Waals surface area (Å²) in [4.78, 5) is 14.2. The van der Waals surface area contributed by atoms with Crippen molar-refractivity contribution in [3.05, 3.63) is 176 Å². The molecule has 0 aliphatic carbocycles. The SMILES string of the molecule is Cc1ccc2c(n1)oc1c(-c3ccc(-c4cccc(-c5cccc(-c6ccccc6-c6ccnc(-c7ccccc7)c6)c5)c4)cn3)cccc12. The van der Waals surface area contributed by atoms with E-state index in [1.165, 1.54) is 11.1 Å². The highest BCUT2D eigenvalue weighted by molar-refractivity contribution is 6.08. The van der Waals surface area contributed by atoms with Crippen LogP contribution in [0.3, 0.4) is 0 Å². The molecule has 9 aromatic rings. The second-order valence-corrected chi connectivity index (χ2v) is 12.5. The number of para-hydroxylation sites is 1. The predicted molar refractivity (Wildman–Crippen MR) is 204 cm³/mol. The number of aromatic nitrogens is 3. The van der Waals surface area contributed by atoms with E-state index < -0.39 is 0 Å². The lowest BCUT2D eigenvalue weighted by atomic mass is 9.92. The first-order chi connectivity index (χ1) is 24.7. The summed E-state index contributed by atoms with van der Waals surface area (Å²) < 4.78 is 6.24. The molecule has 0 saturated heterocycles. The van der Waals surface area contributed by atoms with E-state index in [1.807, 2.05) is 43.6 Å². The Balaban J connectivity index is 1.03. The van der Waals surface area contributed by atoms with Crippen molar-refractivity contribution in [2.24, 2.45) is 0 Å². The number of pyridine rings is 3. The fourth-order valence-electron chi connectivity index (χ4n) is 6.79. The first kappa shape index (κ1) is 29.5. The molecule has 0 radical (unpaired) electrons. The van der Waals surface area contributed by atoms with E-state index in [0.717, 1.165) is 77.9 Å². The van der Waals surface area contributed by atoms with Crippen molar-refractivity contribution in [1.29, 1.82) is 0 Å². The van der Waals surface area contributed by atoms with Crippen molar-refractivity contribution >= 4 is 22.1 Å². The highest BCUT2D eigenvalue weighted by Crippen LogP contribution is 2.37. The van der Waals surface area contributed by atoms with Crippen LogP contribution in [0.15, 0.2) is 175 Å². The number of aryl methyl sites for hydroxylation is 1. The lowest BCUT2D eigenvalue weighted by Gasteiger charge is -2.13. The zero-order valence-electron chi connectivity index (χ0n) is 27.4. The molecule has 0 amide bonds. The van der Waals surface area contributed by atoms with Gasteiger partial charge in [0.25, 0.3) is 0 Å². The minimum absolute atomic E-state index is 0.656. The third-order valence-electron chi connectivity index (χ3n) is 9.31. The minimum atomic E-state index is 0.656. The van der Waals surface area contributed by atoms with E-state index in [9.17, 15) is 0 Å². The van der Waals surface area contributed by atoms with Gasteiger partial charge in [0, 0.05) is 45.6 Å². The van der Waals surface area contributed by atoms with Gasteiger partial charge in [-0.3, -0.25) is 9.97 Å². The van der Waals surface area contributed by atoms with Crippen LogP contribution in [-0.4, -0.2) is 15.0 Å². The molecule has 0 bridgehead atoms. The molecule has 4 heterocycles. The zero-order chi connectivity index (χ0) is 33.4. The van der Waals surface area contributed by atoms with Gasteiger partial charge in [0.05, 0.1) is 11.4 Å². The molecule has 0 spiro atoms. The maximum atomic E-state index is 6.24. The van der Waals surface area contributed by atoms with Gasteiger partial charge >= 0.3 is 0 Å².